The Bertz CT molecular complexity index is 1170. The molecule has 6 nitrogen and oxygen atoms in total. The molecule has 28 heavy (non-hydrogen) atoms. The summed E-state index contributed by atoms with van der Waals surface area (Å²) in [5.74, 6) is -1.28. The number of hydrogen-bond acceptors (Lipinski definition) is 4. The van der Waals surface area contributed by atoms with Gasteiger partial charge in [-0.3, -0.25) is 9.59 Å². The molecule has 0 saturated heterocycles. The Morgan fingerprint density at radius 2 is 2.00 bits per heavy atom. The van der Waals surface area contributed by atoms with Crippen molar-refractivity contribution in [3.05, 3.63) is 74.8 Å². The van der Waals surface area contributed by atoms with E-state index >= 15 is 0 Å². The van der Waals surface area contributed by atoms with Crippen LogP contribution in [-0.2, 0) is 0 Å². The van der Waals surface area contributed by atoms with E-state index in [0.717, 1.165) is 18.9 Å². The highest BCUT2D eigenvalue weighted by molar-refractivity contribution is 6.31. The molecule has 4 rings (SSSR count). The first kappa shape index (κ1) is 18.2. The zero-order valence-corrected chi connectivity index (χ0v) is 15.3. The van der Waals surface area contributed by atoms with Gasteiger partial charge in [0, 0.05) is 17.6 Å². The number of nitrogens with one attached hydrogen (secondary N) is 1. The van der Waals surface area contributed by atoms with Crippen molar-refractivity contribution in [3.63, 3.8) is 0 Å². The van der Waals surface area contributed by atoms with Gasteiger partial charge < -0.3 is 9.67 Å². The van der Waals surface area contributed by atoms with Crippen LogP contribution in [-0.4, -0.2) is 21.8 Å². The summed E-state index contributed by atoms with van der Waals surface area (Å²) >= 11 is 5.87. The molecule has 1 fully saturated rings. The fourth-order valence-electron chi connectivity index (χ4n) is 2.95. The smallest absolute Gasteiger partial charge is 0.276 e. The van der Waals surface area contributed by atoms with Crippen LogP contribution in [0.1, 0.15) is 34.8 Å². The lowest BCUT2D eigenvalue weighted by Gasteiger charge is -2.12. The summed E-state index contributed by atoms with van der Waals surface area (Å²) < 4.78 is 15.7. The molecule has 0 aliphatic heterocycles. The number of rotatable bonds is 4. The van der Waals surface area contributed by atoms with Crippen molar-refractivity contribution < 1.29 is 14.3 Å². The standard InChI is InChI=1S/C20H15ClFN3O3/c21-16-8-18-14(7-17(16)22)19(27)15(10-25(18)12-3-4-12)20(28)24-23-9-11-1-5-13(26)6-2-11/h1-2,5-10,12,26H,3-4H2,(H,24,28)/b23-9-. The lowest BCUT2D eigenvalue weighted by molar-refractivity contribution is 0.0953. The Hall–Kier alpha value is -3.19. The normalized spacial score (nSPS) is 13.9. The Morgan fingerprint density at radius 3 is 2.68 bits per heavy atom. The van der Waals surface area contributed by atoms with Gasteiger partial charge in [-0.15, -0.1) is 0 Å². The number of amides is 1. The quantitative estimate of drug-likeness (QED) is 0.519. The number of carbonyl (C=O) groups is 1. The summed E-state index contributed by atoms with van der Waals surface area (Å²) in [6.45, 7) is 0. The average Bonchev–Trinajstić information content (AvgIpc) is 3.50. The fourth-order valence-corrected chi connectivity index (χ4v) is 3.10. The highest BCUT2D eigenvalue weighted by atomic mass is 35.5. The fraction of sp³-hybridized carbons (Fsp3) is 0.150. The van der Waals surface area contributed by atoms with Crippen LogP contribution in [0.2, 0.25) is 5.02 Å². The van der Waals surface area contributed by atoms with Gasteiger partial charge in [0.1, 0.15) is 17.1 Å². The molecule has 1 saturated carbocycles. The minimum Gasteiger partial charge on any atom is -0.508 e. The van der Waals surface area contributed by atoms with E-state index in [0.29, 0.717) is 11.1 Å². The van der Waals surface area contributed by atoms with Crippen molar-refractivity contribution in [1.82, 2.24) is 9.99 Å². The number of halogens is 2. The van der Waals surface area contributed by atoms with Crippen LogP contribution >= 0.6 is 11.6 Å². The van der Waals surface area contributed by atoms with Crippen LogP contribution in [0.15, 0.2) is 52.5 Å². The number of phenols is 1. The largest absolute Gasteiger partial charge is 0.508 e. The number of aromatic hydroxyl groups is 1. The molecule has 1 aliphatic rings. The van der Waals surface area contributed by atoms with E-state index in [1.165, 1.54) is 30.6 Å². The third kappa shape index (κ3) is 3.48. The van der Waals surface area contributed by atoms with E-state index < -0.39 is 17.2 Å². The molecule has 0 atom stereocenters. The van der Waals surface area contributed by atoms with Gasteiger partial charge in [0.15, 0.2) is 0 Å². The molecule has 1 heterocycles. The number of phenolic OH excluding ortho intramolecular Hbond substituents is 1. The van der Waals surface area contributed by atoms with Crippen molar-refractivity contribution in [3.8, 4) is 5.75 Å². The third-order valence-corrected chi connectivity index (χ3v) is 4.82. The number of pyridine rings is 1. The summed E-state index contributed by atoms with van der Waals surface area (Å²) in [5.41, 5.74) is 2.77. The summed E-state index contributed by atoms with van der Waals surface area (Å²) in [6, 6.07) is 8.84. The van der Waals surface area contributed by atoms with Crippen LogP contribution in [0.25, 0.3) is 10.9 Å². The monoisotopic (exact) mass is 399 g/mol. The Morgan fingerprint density at radius 1 is 1.29 bits per heavy atom. The summed E-state index contributed by atoms with van der Waals surface area (Å²) in [7, 11) is 0. The number of carbonyl (C=O) groups excluding carboxylic acids is 1. The minimum atomic E-state index is -0.712. The van der Waals surface area contributed by atoms with Gasteiger partial charge in [0.2, 0.25) is 5.43 Å². The second-order valence-electron chi connectivity index (χ2n) is 6.58. The highest BCUT2D eigenvalue weighted by Gasteiger charge is 2.27. The second kappa shape index (κ2) is 7.09. The molecule has 2 aromatic carbocycles. The lowest BCUT2D eigenvalue weighted by Crippen LogP contribution is -2.27. The first-order chi connectivity index (χ1) is 13.4. The Labute approximate surface area is 163 Å². The van der Waals surface area contributed by atoms with Gasteiger partial charge in [0.25, 0.3) is 5.91 Å². The lowest BCUT2D eigenvalue weighted by atomic mass is 10.1. The molecule has 0 unspecified atom stereocenters. The van der Waals surface area contributed by atoms with Crippen LogP contribution in [0.4, 0.5) is 4.39 Å². The number of fused-ring (bicyclic) bond motifs is 1. The SMILES string of the molecule is O=C(N/N=C\c1ccc(O)cc1)c1cn(C2CC2)c2cc(Cl)c(F)cc2c1=O. The van der Waals surface area contributed by atoms with Crippen LogP contribution in [0.5, 0.6) is 5.75 Å². The van der Waals surface area contributed by atoms with Crippen LogP contribution in [0, 0.1) is 5.82 Å². The first-order valence-corrected chi connectivity index (χ1v) is 8.98. The third-order valence-electron chi connectivity index (χ3n) is 4.53. The maximum Gasteiger partial charge on any atom is 0.276 e. The van der Waals surface area contributed by atoms with Crippen molar-refractivity contribution in [2.75, 3.05) is 0 Å². The molecule has 0 radical (unpaired) electrons. The molecule has 1 aromatic heterocycles. The molecule has 0 spiro atoms. The van der Waals surface area contributed by atoms with E-state index in [2.05, 4.69) is 10.5 Å². The summed E-state index contributed by atoms with van der Waals surface area (Å²) in [6.07, 6.45) is 4.68. The molecule has 8 heteroatoms. The van der Waals surface area contributed by atoms with Gasteiger partial charge in [0.05, 0.1) is 16.8 Å². The van der Waals surface area contributed by atoms with Gasteiger partial charge in [-0.25, -0.2) is 9.82 Å². The predicted octanol–water partition coefficient (Wildman–Crippen LogP) is 3.60. The zero-order valence-electron chi connectivity index (χ0n) is 14.5. The summed E-state index contributed by atoms with van der Waals surface area (Å²) in [5, 5.41) is 13.1. The van der Waals surface area contributed by atoms with E-state index in [4.69, 9.17) is 11.6 Å². The number of nitrogens with zero attached hydrogens (tertiary/aromatic N) is 2. The predicted molar refractivity (Wildman–Crippen MR) is 105 cm³/mol. The number of aromatic nitrogens is 1. The molecule has 1 amide bonds. The summed E-state index contributed by atoms with van der Waals surface area (Å²) in [4.78, 5) is 25.2. The number of benzene rings is 2. The maximum absolute atomic E-state index is 13.9. The average molecular weight is 400 g/mol. The van der Waals surface area contributed by atoms with E-state index in [-0.39, 0.29) is 27.8 Å². The molecule has 1 aliphatic carbocycles. The Kier molecular flexibility index (Phi) is 4.60. The number of hydrazone groups is 1. The molecular weight excluding hydrogens is 385 g/mol. The molecule has 3 aromatic rings. The van der Waals surface area contributed by atoms with Crippen molar-refractivity contribution >= 4 is 34.6 Å². The van der Waals surface area contributed by atoms with Crippen molar-refractivity contribution in [2.24, 2.45) is 5.10 Å². The molecular formula is C20H15ClFN3O3. The maximum atomic E-state index is 13.9. The van der Waals surface area contributed by atoms with E-state index in [1.54, 1.807) is 16.7 Å². The highest BCUT2D eigenvalue weighted by Crippen LogP contribution is 2.37. The topological polar surface area (TPSA) is 83.7 Å². The van der Waals surface area contributed by atoms with Crippen molar-refractivity contribution in [1.29, 1.82) is 0 Å². The van der Waals surface area contributed by atoms with Crippen LogP contribution in [0.3, 0.4) is 0 Å². The van der Waals surface area contributed by atoms with Gasteiger partial charge in [-0.05, 0) is 54.8 Å². The van der Waals surface area contributed by atoms with Gasteiger partial charge in [-0.1, -0.05) is 11.6 Å². The molecule has 142 valence electrons. The zero-order chi connectivity index (χ0) is 19.8. The first-order valence-electron chi connectivity index (χ1n) is 8.60. The van der Waals surface area contributed by atoms with Crippen molar-refractivity contribution in [2.45, 2.75) is 18.9 Å². The van der Waals surface area contributed by atoms with E-state index in [1.807, 2.05) is 0 Å². The van der Waals surface area contributed by atoms with Gasteiger partial charge >= 0.3 is 0 Å². The van der Waals surface area contributed by atoms with Gasteiger partial charge in [-0.2, -0.15) is 5.10 Å². The number of hydrogen-bond donors (Lipinski definition) is 2. The minimum absolute atomic E-state index is 0.0722. The van der Waals surface area contributed by atoms with E-state index in [9.17, 15) is 19.1 Å². The van der Waals surface area contributed by atoms with Crippen LogP contribution < -0.4 is 10.9 Å². The second-order valence-corrected chi connectivity index (χ2v) is 6.99. The molecule has 0 bridgehead atoms. The Balaban J connectivity index is 1.68. The molecule has 2 N–H and O–H groups in total.